The van der Waals surface area contributed by atoms with Gasteiger partial charge in [-0.05, 0) is 30.4 Å². The predicted octanol–water partition coefficient (Wildman–Crippen LogP) is 1.32. The van der Waals surface area contributed by atoms with Gasteiger partial charge in [0.05, 0.1) is 22.9 Å². The van der Waals surface area contributed by atoms with Crippen molar-refractivity contribution in [3.63, 3.8) is 0 Å². The Morgan fingerprint density at radius 1 is 1.63 bits per heavy atom. The first-order valence-electron chi connectivity index (χ1n) is 5.93. The summed E-state index contributed by atoms with van der Waals surface area (Å²) in [5.41, 5.74) is 0.901. The number of thiophene rings is 1. The smallest absolute Gasteiger partial charge is 0.265 e. The molecule has 1 aliphatic rings. The summed E-state index contributed by atoms with van der Waals surface area (Å²) in [6, 6.07) is 1.58. The second kappa shape index (κ2) is 5.35. The van der Waals surface area contributed by atoms with Crippen molar-refractivity contribution in [1.82, 2.24) is 4.90 Å². The van der Waals surface area contributed by atoms with Crippen LogP contribution in [0.5, 0.6) is 0 Å². The Labute approximate surface area is 117 Å². The van der Waals surface area contributed by atoms with Gasteiger partial charge in [-0.1, -0.05) is 5.92 Å². The third-order valence-corrected chi connectivity index (χ3v) is 5.98. The normalized spacial score (nSPS) is 20.9. The summed E-state index contributed by atoms with van der Waals surface area (Å²) in [6.45, 7) is 2.01. The number of carbonyl (C=O) groups is 1. The maximum absolute atomic E-state index is 12.5. The van der Waals surface area contributed by atoms with Crippen LogP contribution in [0.4, 0.5) is 0 Å². The van der Waals surface area contributed by atoms with Gasteiger partial charge in [-0.2, -0.15) is 0 Å². The summed E-state index contributed by atoms with van der Waals surface area (Å²) in [7, 11) is -3.03. The van der Waals surface area contributed by atoms with Gasteiger partial charge in [0.2, 0.25) is 0 Å². The van der Waals surface area contributed by atoms with E-state index in [1.807, 2.05) is 18.4 Å². The van der Waals surface area contributed by atoms with E-state index in [2.05, 4.69) is 5.92 Å². The van der Waals surface area contributed by atoms with Gasteiger partial charge in [-0.25, -0.2) is 8.42 Å². The fraction of sp³-hybridized carbons (Fsp3) is 0.462. The first-order valence-corrected chi connectivity index (χ1v) is 8.63. The quantitative estimate of drug-likeness (QED) is 0.791. The minimum atomic E-state index is -3.03. The van der Waals surface area contributed by atoms with E-state index in [0.717, 1.165) is 5.56 Å². The predicted molar refractivity (Wildman–Crippen MR) is 76.0 cm³/mol. The third kappa shape index (κ3) is 2.99. The summed E-state index contributed by atoms with van der Waals surface area (Å²) in [4.78, 5) is 14.6. The maximum atomic E-state index is 12.5. The average molecular weight is 297 g/mol. The molecule has 1 aromatic rings. The minimum absolute atomic E-state index is 0.0187. The topological polar surface area (TPSA) is 54.5 Å². The van der Waals surface area contributed by atoms with Crippen molar-refractivity contribution in [3.05, 3.63) is 21.9 Å². The second-order valence-corrected chi connectivity index (χ2v) is 7.77. The molecule has 1 atom stereocenters. The SMILES string of the molecule is C#CCN(C(=O)c1sccc1C)[C@@H]1CCS(=O)(=O)C1. The lowest BCUT2D eigenvalue weighted by Crippen LogP contribution is -2.41. The molecule has 1 fully saturated rings. The van der Waals surface area contributed by atoms with E-state index in [9.17, 15) is 13.2 Å². The molecule has 2 heterocycles. The summed E-state index contributed by atoms with van der Waals surface area (Å²) in [5.74, 6) is 2.44. The van der Waals surface area contributed by atoms with Crippen LogP contribution < -0.4 is 0 Å². The van der Waals surface area contributed by atoms with Crippen LogP contribution in [-0.4, -0.2) is 43.3 Å². The van der Waals surface area contributed by atoms with Crippen molar-refractivity contribution in [3.8, 4) is 12.3 Å². The van der Waals surface area contributed by atoms with Crippen molar-refractivity contribution >= 4 is 27.1 Å². The highest BCUT2D eigenvalue weighted by molar-refractivity contribution is 7.91. The van der Waals surface area contributed by atoms with E-state index < -0.39 is 9.84 Å². The number of nitrogens with zero attached hydrogens (tertiary/aromatic N) is 1. The summed E-state index contributed by atoms with van der Waals surface area (Å²) >= 11 is 1.36. The van der Waals surface area contributed by atoms with Crippen molar-refractivity contribution in [2.24, 2.45) is 0 Å². The Morgan fingerprint density at radius 3 is 2.84 bits per heavy atom. The molecular formula is C13H15NO3S2. The minimum Gasteiger partial charge on any atom is -0.323 e. The molecule has 0 spiro atoms. The molecule has 0 bridgehead atoms. The highest BCUT2D eigenvalue weighted by Gasteiger charge is 2.35. The van der Waals surface area contributed by atoms with Crippen molar-refractivity contribution in [1.29, 1.82) is 0 Å². The molecule has 0 unspecified atom stereocenters. The molecule has 19 heavy (non-hydrogen) atoms. The lowest BCUT2D eigenvalue weighted by molar-refractivity contribution is 0.0728. The lowest BCUT2D eigenvalue weighted by Gasteiger charge is -2.26. The van der Waals surface area contributed by atoms with E-state index in [1.165, 1.54) is 16.2 Å². The molecule has 102 valence electrons. The molecule has 0 saturated carbocycles. The molecule has 1 aromatic heterocycles. The monoisotopic (exact) mass is 297 g/mol. The largest absolute Gasteiger partial charge is 0.323 e. The molecule has 0 aliphatic carbocycles. The van der Waals surface area contributed by atoms with E-state index in [4.69, 9.17) is 6.42 Å². The Bertz CT molecular complexity index is 625. The van der Waals surface area contributed by atoms with E-state index in [-0.39, 0.29) is 30.0 Å². The molecule has 0 radical (unpaired) electrons. The number of hydrogen-bond donors (Lipinski definition) is 0. The molecule has 6 heteroatoms. The fourth-order valence-corrected chi connectivity index (χ4v) is 4.82. The summed E-state index contributed by atoms with van der Waals surface area (Å²) in [5, 5.41) is 1.85. The molecule has 0 aromatic carbocycles. The van der Waals surface area contributed by atoms with E-state index in [0.29, 0.717) is 11.3 Å². The van der Waals surface area contributed by atoms with Crippen LogP contribution >= 0.6 is 11.3 Å². The fourth-order valence-electron chi connectivity index (χ4n) is 2.21. The zero-order chi connectivity index (χ0) is 14.0. The lowest BCUT2D eigenvalue weighted by atomic mass is 10.2. The molecule has 1 saturated heterocycles. The van der Waals surface area contributed by atoms with Gasteiger partial charge >= 0.3 is 0 Å². The standard InChI is InChI=1S/C13H15NO3S2/c1-3-6-14(11-5-8-19(16,17)9-11)13(15)12-10(2)4-7-18-12/h1,4,7,11H,5-6,8-9H2,2H3/t11-/m1/s1. The van der Waals surface area contributed by atoms with Gasteiger partial charge in [0.1, 0.15) is 0 Å². The zero-order valence-corrected chi connectivity index (χ0v) is 12.3. The highest BCUT2D eigenvalue weighted by atomic mass is 32.2. The molecule has 4 nitrogen and oxygen atoms in total. The van der Waals surface area contributed by atoms with Crippen molar-refractivity contribution < 1.29 is 13.2 Å². The van der Waals surface area contributed by atoms with Gasteiger partial charge < -0.3 is 4.90 Å². The van der Waals surface area contributed by atoms with E-state index in [1.54, 1.807) is 0 Å². The summed E-state index contributed by atoms with van der Waals surface area (Å²) in [6.07, 6.45) is 5.78. The van der Waals surface area contributed by atoms with Gasteiger partial charge in [-0.15, -0.1) is 17.8 Å². The van der Waals surface area contributed by atoms with Crippen LogP contribution in [0.25, 0.3) is 0 Å². The first kappa shape index (κ1) is 14.1. The van der Waals surface area contributed by atoms with Gasteiger partial charge in [0.25, 0.3) is 5.91 Å². The Balaban J connectivity index is 2.24. The molecule has 1 aliphatic heterocycles. The Morgan fingerprint density at radius 2 is 2.37 bits per heavy atom. The summed E-state index contributed by atoms with van der Waals surface area (Å²) < 4.78 is 23.1. The number of aryl methyl sites for hydroxylation is 1. The van der Waals surface area contributed by atoms with Crippen LogP contribution in [0.15, 0.2) is 11.4 Å². The maximum Gasteiger partial charge on any atom is 0.265 e. The highest BCUT2D eigenvalue weighted by Crippen LogP contribution is 2.23. The van der Waals surface area contributed by atoms with Crippen LogP contribution in [-0.2, 0) is 9.84 Å². The number of rotatable bonds is 3. The van der Waals surface area contributed by atoms with Crippen molar-refractivity contribution in [2.75, 3.05) is 18.1 Å². The molecule has 1 amide bonds. The Kier molecular flexibility index (Phi) is 3.97. The van der Waals surface area contributed by atoms with Gasteiger partial charge in [0.15, 0.2) is 9.84 Å². The third-order valence-electron chi connectivity index (χ3n) is 3.23. The number of amides is 1. The van der Waals surface area contributed by atoms with Crippen LogP contribution in [0.2, 0.25) is 0 Å². The molecule has 0 N–H and O–H groups in total. The number of sulfone groups is 1. The first-order chi connectivity index (χ1) is 8.94. The van der Waals surface area contributed by atoms with Crippen LogP contribution in [0, 0.1) is 19.3 Å². The van der Waals surface area contributed by atoms with Crippen molar-refractivity contribution in [2.45, 2.75) is 19.4 Å². The zero-order valence-electron chi connectivity index (χ0n) is 10.6. The van der Waals surface area contributed by atoms with Gasteiger partial charge in [-0.3, -0.25) is 4.79 Å². The number of terminal acetylenes is 1. The van der Waals surface area contributed by atoms with Crippen LogP contribution in [0.1, 0.15) is 21.7 Å². The Hall–Kier alpha value is -1.32. The molecular weight excluding hydrogens is 282 g/mol. The van der Waals surface area contributed by atoms with Crippen LogP contribution in [0.3, 0.4) is 0 Å². The average Bonchev–Trinajstić information content (AvgIpc) is 2.91. The number of hydrogen-bond acceptors (Lipinski definition) is 4. The second-order valence-electron chi connectivity index (χ2n) is 4.63. The van der Waals surface area contributed by atoms with Gasteiger partial charge in [0, 0.05) is 6.04 Å². The number of carbonyl (C=O) groups excluding carboxylic acids is 1. The van der Waals surface area contributed by atoms with E-state index >= 15 is 0 Å². The molecule has 2 rings (SSSR count).